The normalized spacial score (nSPS) is 14.6. The molecular formula is C17H21IN2O5. The lowest BCUT2D eigenvalue weighted by atomic mass is 10.2. The van der Waals surface area contributed by atoms with Crippen molar-refractivity contribution in [2.75, 3.05) is 51.4 Å². The van der Waals surface area contributed by atoms with Crippen molar-refractivity contribution in [3.63, 3.8) is 0 Å². The summed E-state index contributed by atoms with van der Waals surface area (Å²) in [6.07, 6.45) is 0.916. The van der Waals surface area contributed by atoms with Gasteiger partial charge in [0.15, 0.2) is 0 Å². The van der Waals surface area contributed by atoms with E-state index in [1.54, 1.807) is 18.2 Å². The summed E-state index contributed by atoms with van der Waals surface area (Å²) >= 11 is 2.04. The van der Waals surface area contributed by atoms with Crippen LogP contribution in [0.15, 0.2) is 30.9 Å². The fraction of sp³-hybridized carbons (Fsp3) is 0.412. The van der Waals surface area contributed by atoms with Gasteiger partial charge in [-0.1, -0.05) is 12.7 Å². The first-order valence-electron chi connectivity index (χ1n) is 7.91. The highest BCUT2D eigenvalue weighted by Crippen LogP contribution is 2.20. The second-order valence-electron chi connectivity index (χ2n) is 5.30. The molecule has 0 unspecified atom stereocenters. The largest absolute Gasteiger partial charge is 0.461 e. The van der Waals surface area contributed by atoms with Gasteiger partial charge in [-0.15, -0.1) is 0 Å². The summed E-state index contributed by atoms with van der Waals surface area (Å²) in [6, 6.07) is 4.93. The lowest BCUT2D eigenvalue weighted by Gasteiger charge is -2.26. The zero-order valence-corrected chi connectivity index (χ0v) is 16.0. The Labute approximate surface area is 160 Å². The average Bonchev–Trinajstić information content (AvgIpc) is 2.62. The third-order valence-corrected chi connectivity index (χ3v) is 4.41. The summed E-state index contributed by atoms with van der Waals surface area (Å²) in [7, 11) is 0. The van der Waals surface area contributed by atoms with Gasteiger partial charge in [0.25, 0.3) is 0 Å². The SMILES string of the molecule is C=CCOC(=O)Nc1ccc(C(=O)OCCN2CCOCC2)cc1I. The molecule has 25 heavy (non-hydrogen) atoms. The zero-order chi connectivity index (χ0) is 18.1. The second-order valence-corrected chi connectivity index (χ2v) is 6.46. The number of amides is 1. The lowest BCUT2D eigenvalue weighted by molar-refractivity contribution is 0.0195. The van der Waals surface area contributed by atoms with Gasteiger partial charge in [-0.3, -0.25) is 10.2 Å². The summed E-state index contributed by atoms with van der Waals surface area (Å²) < 4.78 is 16.2. The zero-order valence-electron chi connectivity index (χ0n) is 13.8. The van der Waals surface area contributed by atoms with Crippen LogP contribution in [0.1, 0.15) is 10.4 Å². The number of halogens is 1. The number of hydrogen-bond donors (Lipinski definition) is 1. The van der Waals surface area contributed by atoms with Crippen LogP contribution in [0, 0.1) is 3.57 Å². The molecule has 0 radical (unpaired) electrons. The number of ether oxygens (including phenoxy) is 3. The van der Waals surface area contributed by atoms with Crippen molar-refractivity contribution < 1.29 is 23.8 Å². The summed E-state index contributed by atoms with van der Waals surface area (Å²) in [5.41, 5.74) is 1.01. The van der Waals surface area contributed by atoms with Crippen LogP contribution in [-0.4, -0.2) is 63.0 Å². The highest BCUT2D eigenvalue weighted by molar-refractivity contribution is 14.1. The van der Waals surface area contributed by atoms with E-state index in [1.807, 2.05) is 22.6 Å². The Bertz CT molecular complexity index is 617. The summed E-state index contributed by atoms with van der Waals surface area (Å²) in [6.45, 7) is 7.80. The third kappa shape index (κ3) is 6.63. The molecule has 0 spiro atoms. The van der Waals surface area contributed by atoms with Crippen molar-refractivity contribution in [2.45, 2.75) is 0 Å². The molecule has 1 fully saturated rings. The Morgan fingerprint density at radius 3 is 2.76 bits per heavy atom. The molecule has 1 aromatic carbocycles. The van der Waals surface area contributed by atoms with Crippen LogP contribution >= 0.6 is 22.6 Å². The van der Waals surface area contributed by atoms with Crippen molar-refractivity contribution in [3.05, 3.63) is 40.0 Å². The van der Waals surface area contributed by atoms with Crippen LogP contribution in [0.4, 0.5) is 10.5 Å². The maximum Gasteiger partial charge on any atom is 0.411 e. The standard InChI is InChI=1S/C17H21IN2O5/c1-2-8-25-17(22)19-15-4-3-13(12-14(15)18)16(21)24-11-7-20-5-9-23-10-6-20/h2-4,12H,1,5-11H2,(H,19,22). The van der Waals surface area contributed by atoms with Crippen LogP contribution in [0.2, 0.25) is 0 Å². The maximum atomic E-state index is 12.1. The Balaban J connectivity index is 1.82. The minimum absolute atomic E-state index is 0.135. The first-order valence-corrected chi connectivity index (χ1v) is 8.99. The number of benzene rings is 1. The highest BCUT2D eigenvalue weighted by Gasteiger charge is 2.14. The van der Waals surface area contributed by atoms with Gasteiger partial charge in [0, 0.05) is 23.2 Å². The van der Waals surface area contributed by atoms with Crippen molar-refractivity contribution in [1.29, 1.82) is 0 Å². The van der Waals surface area contributed by atoms with Crippen molar-refractivity contribution in [1.82, 2.24) is 4.90 Å². The molecule has 8 heteroatoms. The number of esters is 1. The molecular weight excluding hydrogens is 439 g/mol. The Morgan fingerprint density at radius 2 is 2.08 bits per heavy atom. The Morgan fingerprint density at radius 1 is 1.32 bits per heavy atom. The van der Waals surface area contributed by atoms with Gasteiger partial charge in [0.2, 0.25) is 0 Å². The maximum absolute atomic E-state index is 12.1. The topological polar surface area (TPSA) is 77.1 Å². The van der Waals surface area contributed by atoms with Crippen LogP contribution in [-0.2, 0) is 14.2 Å². The molecule has 0 saturated carbocycles. The van der Waals surface area contributed by atoms with Gasteiger partial charge >= 0.3 is 12.1 Å². The summed E-state index contributed by atoms with van der Waals surface area (Å²) in [5.74, 6) is -0.382. The smallest absolute Gasteiger partial charge is 0.411 e. The van der Waals surface area contributed by atoms with Crippen molar-refractivity contribution >= 4 is 40.3 Å². The number of carbonyl (C=O) groups is 2. The van der Waals surface area contributed by atoms with E-state index in [4.69, 9.17) is 14.2 Å². The molecule has 1 aliphatic heterocycles. The molecule has 1 N–H and O–H groups in total. The number of morpholine rings is 1. The minimum Gasteiger partial charge on any atom is -0.461 e. The number of nitrogens with one attached hydrogen (secondary N) is 1. The number of anilines is 1. The number of nitrogens with zero attached hydrogens (tertiary/aromatic N) is 1. The third-order valence-electron chi connectivity index (χ3n) is 3.52. The van der Waals surface area contributed by atoms with Gasteiger partial charge in [-0.05, 0) is 40.8 Å². The molecule has 0 aromatic heterocycles. The molecule has 0 atom stereocenters. The molecule has 136 valence electrons. The van der Waals surface area contributed by atoms with Crippen LogP contribution in [0.25, 0.3) is 0 Å². The first kappa shape index (κ1) is 19.7. The minimum atomic E-state index is -0.571. The number of hydrogen-bond acceptors (Lipinski definition) is 6. The molecule has 1 aliphatic rings. The number of rotatable bonds is 7. The fourth-order valence-electron chi connectivity index (χ4n) is 2.20. The fourth-order valence-corrected chi connectivity index (χ4v) is 2.85. The van der Waals surface area contributed by atoms with Gasteiger partial charge < -0.3 is 14.2 Å². The Hall–Kier alpha value is -1.65. The van der Waals surface area contributed by atoms with Crippen LogP contribution < -0.4 is 5.32 Å². The van der Waals surface area contributed by atoms with E-state index in [0.717, 1.165) is 29.9 Å². The molecule has 1 amide bonds. The van der Waals surface area contributed by atoms with E-state index in [2.05, 4.69) is 16.8 Å². The van der Waals surface area contributed by atoms with Gasteiger partial charge in [-0.2, -0.15) is 0 Å². The summed E-state index contributed by atoms with van der Waals surface area (Å²) in [4.78, 5) is 25.9. The molecule has 1 saturated heterocycles. The van der Waals surface area contributed by atoms with E-state index >= 15 is 0 Å². The second kappa shape index (κ2) is 10.4. The van der Waals surface area contributed by atoms with E-state index in [0.29, 0.717) is 24.4 Å². The van der Waals surface area contributed by atoms with E-state index in [9.17, 15) is 9.59 Å². The van der Waals surface area contributed by atoms with Gasteiger partial charge in [-0.25, -0.2) is 9.59 Å². The van der Waals surface area contributed by atoms with E-state index in [-0.39, 0.29) is 12.6 Å². The lowest BCUT2D eigenvalue weighted by Crippen LogP contribution is -2.38. The van der Waals surface area contributed by atoms with E-state index < -0.39 is 6.09 Å². The predicted molar refractivity (Wildman–Crippen MR) is 102 cm³/mol. The molecule has 7 nitrogen and oxygen atoms in total. The molecule has 1 heterocycles. The number of carbonyl (C=O) groups excluding carboxylic acids is 2. The summed E-state index contributed by atoms with van der Waals surface area (Å²) in [5, 5.41) is 2.61. The Kier molecular flexibility index (Phi) is 8.16. The quantitative estimate of drug-likeness (QED) is 0.383. The van der Waals surface area contributed by atoms with Gasteiger partial charge in [0.1, 0.15) is 13.2 Å². The van der Waals surface area contributed by atoms with Crippen LogP contribution in [0.5, 0.6) is 0 Å². The predicted octanol–water partition coefficient (Wildman–Crippen LogP) is 2.51. The monoisotopic (exact) mass is 460 g/mol. The highest BCUT2D eigenvalue weighted by atomic mass is 127. The van der Waals surface area contributed by atoms with Crippen molar-refractivity contribution in [3.8, 4) is 0 Å². The average molecular weight is 460 g/mol. The molecule has 2 rings (SSSR count). The molecule has 0 aliphatic carbocycles. The molecule has 0 bridgehead atoms. The van der Waals surface area contributed by atoms with E-state index in [1.165, 1.54) is 6.08 Å². The van der Waals surface area contributed by atoms with Crippen molar-refractivity contribution in [2.24, 2.45) is 0 Å². The first-order chi connectivity index (χ1) is 12.1. The van der Waals surface area contributed by atoms with Gasteiger partial charge in [0.05, 0.1) is 24.5 Å². The molecule has 1 aromatic rings. The van der Waals surface area contributed by atoms with Crippen LogP contribution in [0.3, 0.4) is 0 Å².